The maximum absolute atomic E-state index is 12.5. The van der Waals surface area contributed by atoms with Crippen molar-refractivity contribution in [2.45, 2.75) is 187 Å². The van der Waals surface area contributed by atoms with Gasteiger partial charge in [0.25, 0.3) is 0 Å². The number of carboxylic acids is 1. The number of esters is 2. The van der Waals surface area contributed by atoms with Crippen molar-refractivity contribution in [3.05, 3.63) is 0 Å². The maximum Gasteiger partial charge on any atom is 0.472 e. The Hall–Kier alpha value is -1.52. The Balaban J connectivity index is 4.34. The second-order valence-electron chi connectivity index (χ2n) is 12.7. The Morgan fingerprint density at radius 1 is 0.574 bits per heavy atom. The van der Waals surface area contributed by atoms with E-state index in [0.29, 0.717) is 12.8 Å². The highest BCUT2D eigenvalue weighted by Gasteiger charge is 2.28. The van der Waals surface area contributed by atoms with Gasteiger partial charge in [0.2, 0.25) is 0 Å². The van der Waals surface area contributed by atoms with Gasteiger partial charge in [-0.15, -0.1) is 0 Å². The van der Waals surface area contributed by atoms with Crippen molar-refractivity contribution >= 4 is 25.7 Å². The van der Waals surface area contributed by atoms with Gasteiger partial charge in [-0.1, -0.05) is 149 Å². The molecule has 3 atom stereocenters. The summed E-state index contributed by atoms with van der Waals surface area (Å²) in [6.07, 6.45) is 26.3. The highest BCUT2D eigenvalue weighted by atomic mass is 31.2. The molecule has 0 amide bonds. The van der Waals surface area contributed by atoms with Crippen molar-refractivity contribution in [2.24, 2.45) is 5.73 Å². The second kappa shape index (κ2) is 31.7. The molecule has 0 aromatic heterocycles. The van der Waals surface area contributed by atoms with E-state index in [0.717, 1.165) is 38.5 Å². The lowest BCUT2D eigenvalue weighted by Crippen LogP contribution is -2.34. The van der Waals surface area contributed by atoms with Crippen molar-refractivity contribution in [3.63, 3.8) is 0 Å². The molecule has 11 nitrogen and oxygen atoms in total. The molecule has 0 spiro atoms. The SMILES string of the molecule is CCCCCCCCCCCCCCCCCCC(=O)OC(COC(=O)CCCCCCCCC)COP(=O)(O)OCC(N)C(=O)O. The van der Waals surface area contributed by atoms with E-state index >= 15 is 0 Å². The highest BCUT2D eigenvalue weighted by molar-refractivity contribution is 7.47. The second-order valence-corrected chi connectivity index (χ2v) is 14.2. The number of phosphoric ester groups is 1. The van der Waals surface area contributed by atoms with Crippen LogP contribution in [-0.2, 0) is 37.5 Å². The molecular weight excluding hydrogens is 625 g/mol. The third-order valence-electron chi connectivity index (χ3n) is 8.11. The molecule has 278 valence electrons. The largest absolute Gasteiger partial charge is 0.480 e. The topological polar surface area (TPSA) is 172 Å². The summed E-state index contributed by atoms with van der Waals surface area (Å²) in [5, 5.41) is 8.83. The average molecular weight is 694 g/mol. The van der Waals surface area contributed by atoms with Gasteiger partial charge in [-0.3, -0.25) is 23.4 Å². The number of unbranched alkanes of at least 4 members (excludes halogenated alkanes) is 21. The van der Waals surface area contributed by atoms with Crippen LogP contribution in [-0.4, -0.2) is 59.9 Å². The van der Waals surface area contributed by atoms with E-state index < -0.39 is 51.1 Å². The summed E-state index contributed by atoms with van der Waals surface area (Å²) in [5.74, 6) is -2.37. The first-order valence-corrected chi connectivity index (χ1v) is 20.1. The molecule has 0 aliphatic carbocycles. The molecule has 3 unspecified atom stereocenters. The molecule has 0 aliphatic heterocycles. The average Bonchev–Trinajstić information content (AvgIpc) is 3.04. The normalized spacial score (nSPS) is 14.0. The smallest absolute Gasteiger partial charge is 0.472 e. The van der Waals surface area contributed by atoms with Crippen LogP contribution in [0.25, 0.3) is 0 Å². The van der Waals surface area contributed by atoms with Crippen molar-refractivity contribution in [1.29, 1.82) is 0 Å². The third kappa shape index (κ3) is 31.5. The van der Waals surface area contributed by atoms with Crippen molar-refractivity contribution in [3.8, 4) is 0 Å². The summed E-state index contributed by atoms with van der Waals surface area (Å²) >= 11 is 0. The molecule has 0 radical (unpaired) electrons. The maximum atomic E-state index is 12.5. The van der Waals surface area contributed by atoms with Crippen LogP contribution in [0.4, 0.5) is 0 Å². The van der Waals surface area contributed by atoms with Gasteiger partial charge < -0.3 is 25.2 Å². The third-order valence-corrected chi connectivity index (χ3v) is 9.06. The summed E-state index contributed by atoms with van der Waals surface area (Å²) in [5.41, 5.74) is 5.30. The summed E-state index contributed by atoms with van der Waals surface area (Å²) in [6, 6.07) is -1.51. The number of carbonyl (C=O) groups excluding carboxylic acids is 2. The van der Waals surface area contributed by atoms with E-state index in [2.05, 4.69) is 18.4 Å². The molecule has 0 bridgehead atoms. The van der Waals surface area contributed by atoms with Crippen LogP contribution in [0.1, 0.15) is 174 Å². The molecule has 0 aliphatic rings. The number of hydrogen-bond donors (Lipinski definition) is 3. The number of aliphatic carboxylic acids is 1. The molecule has 4 N–H and O–H groups in total. The Morgan fingerprint density at radius 2 is 0.936 bits per heavy atom. The zero-order chi connectivity index (χ0) is 35.0. The quantitative estimate of drug-likeness (QED) is 0.0329. The molecular formula is C35H68NO10P. The number of rotatable bonds is 35. The van der Waals surface area contributed by atoms with Crippen LogP contribution in [0, 0.1) is 0 Å². The monoisotopic (exact) mass is 693 g/mol. The lowest BCUT2D eigenvalue weighted by molar-refractivity contribution is -0.161. The summed E-state index contributed by atoms with van der Waals surface area (Å²) < 4.78 is 32.4. The minimum absolute atomic E-state index is 0.168. The molecule has 0 heterocycles. The number of carbonyl (C=O) groups is 3. The first kappa shape index (κ1) is 45.5. The summed E-state index contributed by atoms with van der Waals surface area (Å²) in [4.78, 5) is 45.5. The number of phosphoric acid groups is 1. The predicted molar refractivity (Wildman–Crippen MR) is 185 cm³/mol. The highest BCUT2D eigenvalue weighted by Crippen LogP contribution is 2.43. The van der Waals surface area contributed by atoms with Gasteiger partial charge in [-0.2, -0.15) is 0 Å². The first-order valence-electron chi connectivity index (χ1n) is 18.6. The molecule has 0 saturated heterocycles. The summed E-state index contributed by atoms with van der Waals surface area (Å²) in [7, 11) is -4.69. The molecule has 0 saturated carbocycles. The Kier molecular flexibility index (Phi) is 30.7. The zero-order valence-electron chi connectivity index (χ0n) is 29.6. The fourth-order valence-corrected chi connectivity index (χ4v) is 5.90. The van der Waals surface area contributed by atoms with Crippen LogP contribution in [0.2, 0.25) is 0 Å². The lowest BCUT2D eigenvalue weighted by atomic mass is 10.0. The van der Waals surface area contributed by atoms with E-state index in [1.165, 1.54) is 96.3 Å². The Morgan fingerprint density at radius 3 is 1.34 bits per heavy atom. The Bertz CT molecular complexity index is 828. The molecule has 0 rings (SSSR count). The van der Waals surface area contributed by atoms with Crippen LogP contribution in [0.15, 0.2) is 0 Å². The van der Waals surface area contributed by atoms with Gasteiger partial charge in [-0.25, -0.2) is 4.57 Å². The number of ether oxygens (including phenoxy) is 2. The van der Waals surface area contributed by atoms with Gasteiger partial charge in [0, 0.05) is 12.8 Å². The van der Waals surface area contributed by atoms with Gasteiger partial charge in [0.15, 0.2) is 6.10 Å². The van der Waals surface area contributed by atoms with Gasteiger partial charge in [0.05, 0.1) is 13.2 Å². The van der Waals surface area contributed by atoms with Crippen molar-refractivity contribution in [1.82, 2.24) is 0 Å². The Labute approximate surface area is 285 Å². The van der Waals surface area contributed by atoms with Crippen molar-refractivity contribution in [2.75, 3.05) is 19.8 Å². The van der Waals surface area contributed by atoms with Gasteiger partial charge in [-0.05, 0) is 12.8 Å². The molecule has 0 fully saturated rings. The number of hydrogen-bond acceptors (Lipinski definition) is 9. The molecule has 0 aromatic rings. The van der Waals surface area contributed by atoms with Crippen molar-refractivity contribution < 1.29 is 47.5 Å². The minimum Gasteiger partial charge on any atom is -0.480 e. The van der Waals surface area contributed by atoms with Gasteiger partial charge >= 0.3 is 25.7 Å². The first-order chi connectivity index (χ1) is 22.6. The zero-order valence-corrected chi connectivity index (χ0v) is 30.5. The lowest BCUT2D eigenvalue weighted by Gasteiger charge is -2.20. The van der Waals surface area contributed by atoms with E-state index in [-0.39, 0.29) is 19.4 Å². The van der Waals surface area contributed by atoms with E-state index in [1.807, 2.05) is 0 Å². The van der Waals surface area contributed by atoms with Crippen LogP contribution in [0.5, 0.6) is 0 Å². The van der Waals surface area contributed by atoms with Crippen LogP contribution >= 0.6 is 7.82 Å². The molecule has 47 heavy (non-hydrogen) atoms. The van der Waals surface area contributed by atoms with Crippen LogP contribution in [0.3, 0.4) is 0 Å². The minimum atomic E-state index is -4.69. The van der Waals surface area contributed by atoms with Gasteiger partial charge in [0.1, 0.15) is 12.6 Å². The summed E-state index contributed by atoms with van der Waals surface area (Å²) in [6.45, 7) is 2.74. The molecule has 12 heteroatoms. The van der Waals surface area contributed by atoms with E-state index in [1.54, 1.807) is 0 Å². The van der Waals surface area contributed by atoms with Crippen LogP contribution < -0.4 is 5.73 Å². The van der Waals surface area contributed by atoms with E-state index in [4.69, 9.17) is 24.8 Å². The fourth-order valence-electron chi connectivity index (χ4n) is 5.12. The standard InChI is InChI=1S/C35H68NO10P/c1-3-5-7-9-11-12-13-14-15-16-17-18-19-21-23-25-27-34(38)46-31(29-44-47(41,42)45-30-32(36)35(39)40)28-43-33(37)26-24-22-20-10-8-6-4-2/h31-32H,3-30,36H2,1-2H3,(H,39,40)(H,41,42). The fraction of sp³-hybridized carbons (Fsp3) is 0.914. The number of nitrogens with two attached hydrogens (primary N) is 1. The number of carboxylic acid groups (broad SMARTS) is 1. The predicted octanol–water partition coefficient (Wildman–Crippen LogP) is 8.78. The van der Waals surface area contributed by atoms with E-state index in [9.17, 15) is 23.8 Å². The molecule has 0 aromatic carbocycles.